The van der Waals surface area contributed by atoms with Gasteiger partial charge in [0.25, 0.3) is 0 Å². The lowest BCUT2D eigenvalue weighted by molar-refractivity contribution is 1.20. The number of hydrogen-bond acceptors (Lipinski definition) is 2. The van der Waals surface area contributed by atoms with Gasteiger partial charge in [0.2, 0.25) is 0 Å². The van der Waals surface area contributed by atoms with Crippen molar-refractivity contribution in [2.24, 2.45) is 0 Å². The maximum Gasteiger partial charge on any atom is 0.131 e. The maximum atomic E-state index is 7.02. The van der Waals surface area contributed by atoms with Crippen LogP contribution in [-0.2, 0) is 0 Å². The third-order valence-corrected chi connectivity index (χ3v) is 1.01. The molecule has 0 amide bonds. The number of nitrogens with two attached hydrogens (primary N) is 1. The van der Waals surface area contributed by atoms with Gasteiger partial charge < -0.3 is 5.73 Å². The first-order chi connectivity index (χ1) is 5.39. The summed E-state index contributed by atoms with van der Waals surface area (Å²) in [5.74, 6) is 0. The summed E-state index contributed by atoms with van der Waals surface area (Å²) in [5.41, 5.74) is 5.61. The number of aryl methyl sites for hydroxylation is 1. The highest BCUT2D eigenvalue weighted by Gasteiger charge is 1.91. The Balaban J connectivity index is 3.18. The predicted molar refractivity (Wildman–Crippen MR) is 38.4 cm³/mol. The highest BCUT2D eigenvalue weighted by atomic mass is 35.5. The molecule has 48 valence electrons. The fourth-order valence-electron chi connectivity index (χ4n) is 0.517. The van der Waals surface area contributed by atoms with E-state index in [0.29, 0.717) is 5.69 Å². The van der Waals surface area contributed by atoms with Crippen molar-refractivity contribution < 1.29 is 4.11 Å². The number of hydrogen-bond donors (Lipinski definition) is 1. The molecule has 0 radical (unpaired) electrons. The van der Waals surface area contributed by atoms with E-state index < -0.39 is 6.85 Å². The van der Waals surface area contributed by atoms with Gasteiger partial charge in [-0.25, -0.2) is 4.98 Å². The van der Waals surface area contributed by atoms with Crippen LogP contribution in [-0.4, -0.2) is 4.98 Å². The summed E-state index contributed by atoms with van der Waals surface area (Å²) in [4.78, 5) is 3.63. The SMILES string of the molecule is [2H]C([2H])([2H])c1cc(N)cc(Cl)n1. The highest BCUT2D eigenvalue weighted by Crippen LogP contribution is 2.10. The number of halogens is 1. The Morgan fingerprint density at radius 1 is 1.78 bits per heavy atom. The molecular formula is C6H7ClN2. The van der Waals surface area contributed by atoms with Crippen LogP contribution in [0.4, 0.5) is 5.69 Å². The molecule has 0 saturated carbocycles. The third kappa shape index (κ3) is 1.57. The van der Waals surface area contributed by atoms with E-state index in [4.69, 9.17) is 21.4 Å². The number of rotatable bonds is 0. The topological polar surface area (TPSA) is 38.9 Å². The fraction of sp³-hybridized carbons (Fsp3) is 0.167. The lowest BCUT2D eigenvalue weighted by atomic mass is 10.3. The van der Waals surface area contributed by atoms with E-state index in [1.54, 1.807) is 0 Å². The average Bonchev–Trinajstić information content (AvgIpc) is 1.82. The van der Waals surface area contributed by atoms with Crippen LogP contribution in [0.25, 0.3) is 0 Å². The van der Waals surface area contributed by atoms with Gasteiger partial charge in [-0.2, -0.15) is 0 Å². The van der Waals surface area contributed by atoms with Gasteiger partial charge in [0.05, 0.1) is 0 Å². The van der Waals surface area contributed by atoms with Crippen molar-refractivity contribution in [1.82, 2.24) is 4.98 Å². The average molecular weight is 146 g/mol. The zero-order valence-electron chi connectivity index (χ0n) is 7.56. The van der Waals surface area contributed by atoms with Crippen molar-refractivity contribution in [3.63, 3.8) is 0 Å². The lowest BCUT2D eigenvalue weighted by Crippen LogP contribution is -1.88. The van der Waals surface area contributed by atoms with Gasteiger partial charge in [0.1, 0.15) is 5.15 Å². The summed E-state index contributed by atoms with van der Waals surface area (Å²) < 4.78 is 21.1. The Morgan fingerprint density at radius 3 is 3.11 bits per heavy atom. The molecule has 0 aliphatic rings. The van der Waals surface area contributed by atoms with Crippen LogP contribution in [0, 0.1) is 6.85 Å². The summed E-state index contributed by atoms with van der Waals surface area (Å²) in [6.07, 6.45) is 0. The summed E-state index contributed by atoms with van der Waals surface area (Å²) in [7, 11) is 0. The molecule has 2 nitrogen and oxygen atoms in total. The fourth-order valence-corrected chi connectivity index (χ4v) is 0.734. The minimum Gasteiger partial charge on any atom is -0.399 e. The summed E-state index contributed by atoms with van der Waals surface area (Å²) in [5, 5.41) is 0.0983. The van der Waals surface area contributed by atoms with Crippen molar-refractivity contribution in [3.05, 3.63) is 23.0 Å². The maximum absolute atomic E-state index is 7.02. The number of aromatic nitrogens is 1. The van der Waals surface area contributed by atoms with Crippen LogP contribution in [0.2, 0.25) is 5.15 Å². The third-order valence-electron chi connectivity index (χ3n) is 0.816. The zero-order valence-corrected chi connectivity index (χ0v) is 5.31. The van der Waals surface area contributed by atoms with Gasteiger partial charge in [-0.05, 0) is 19.0 Å². The second kappa shape index (κ2) is 2.23. The normalized spacial score (nSPS) is 15.9. The molecule has 0 aliphatic heterocycles. The molecule has 0 aliphatic carbocycles. The van der Waals surface area contributed by atoms with Crippen molar-refractivity contribution in [1.29, 1.82) is 0 Å². The molecule has 1 heterocycles. The number of nitrogens with zero attached hydrogens (tertiary/aromatic N) is 1. The smallest absolute Gasteiger partial charge is 0.131 e. The molecule has 1 rings (SSSR count). The van der Waals surface area contributed by atoms with E-state index in [1.807, 2.05) is 0 Å². The minimum absolute atomic E-state index is 0.0764. The molecule has 0 bridgehead atoms. The van der Waals surface area contributed by atoms with Crippen LogP contribution in [0.1, 0.15) is 9.81 Å². The van der Waals surface area contributed by atoms with Crippen LogP contribution in [0.15, 0.2) is 12.1 Å². The van der Waals surface area contributed by atoms with E-state index in [0.717, 1.165) is 0 Å². The molecule has 2 N–H and O–H groups in total. The number of pyridine rings is 1. The van der Waals surface area contributed by atoms with Crippen LogP contribution >= 0.6 is 11.6 Å². The van der Waals surface area contributed by atoms with Gasteiger partial charge >= 0.3 is 0 Å². The molecule has 3 heteroatoms. The highest BCUT2D eigenvalue weighted by molar-refractivity contribution is 6.29. The second-order valence-electron chi connectivity index (χ2n) is 1.61. The largest absolute Gasteiger partial charge is 0.399 e. The Labute approximate surface area is 62.9 Å². The molecular weight excluding hydrogens is 136 g/mol. The molecule has 1 aromatic rings. The molecule has 0 unspecified atom stereocenters. The first-order valence-corrected chi connectivity index (χ1v) is 2.71. The number of anilines is 1. The van der Waals surface area contributed by atoms with E-state index >= 15 is 0 Å². The standard InChI is InChI=1S/C6H7ClN2/c1-4-2-5(8)3-6(7)9-4/h2-3H,1H3,(H2,8,9)/i1D3. The van der Waals surface area contributed by atoms with Gasteiger partial charge in [-0.15, -0.1) is 0 Å². The van der Waals surface area contributed by atoms with Crippen molar-refractivity contribution >= 4 is 17.3 Å². The van der Waals surface area contributed by atoms with Crippen LogP contribution in [0.5, 0.6) is 0 Å². The van der Waals surface area contributed by atoms with E-state index in [-0.39, 0.29) is 10.8 Å². The molecule has 0 saturated heterocycles. The summed E-state index contributed by atoms with van der Waals surface area (Å²) in [6.45, 7) is -2.25. The molecule has 0 aromatic carbocycles. The van der Waals surface area contributed by atoms with Crippen LogP contribution in [0.3, 0.4) is 0 Å². The predicted octanol–water partition coefficient (Wildman–Crippen LogP) is 1.63. The van der Waals surface area contributed by atoms with Crippen molar-refractivity contribution in [3.8, 4) is 0 Å². The van der Waals surface area contributed by atoms with Gasteiger partial charge in [0, 0.05) is 15.5 Å². The van der Waals surface area contributed by atoms with Gasteiger partial charge in [-0.3, -0.25) is 0 Å². The minimum atomic E-state index is -2.25. The first-order valence-electron chi connectivity index (χ1n) is 3.83. The van der Waals surface area contributed by atoms with E-state index in [1.165, 1.54) is 12.1 Å². The molecule has 9 heavy (non-hydrogen) atoms. The monoisotopic (exact) mass is 145 g/mol. The summed E-state index contributed by atoms with van der Waals surface area (Å²) in [6, 6.07) is 2.69. The van der Waals surface area contributed by atoms with Crippen molar-refractivity contribution in [2.45, 2.75) is 6.85 Å². The second-order valence-corrected chi connectivity index (χ2v) is 2.00. The summed E-state index contributed by atoms with van der Waals surface area (Å²) >= 11 is 5.52. The van der Waals surface area contributed by atoms with Crippen molar-refractivity contribution in [2.75, 3.05) is 5.73 Å². The van der Waals surface area contributed by atoms with E-state index in [9.17, 15) is 0 Å². The van der Waals surface area contributed by atoms with Gasteiger partial charge in [-0.1, -0.05) is 11.6 Å². The Kier molecular flexibility index (Phi) is 0.848. The molecule has 0 fully saturated rings. The van der Waals surface area contributed by atoms with E-state index in [2.05, 4.69) is 4.98 Å². The van der Waals surface area contributed by atoms with Crippen LogP contribution < -0.4 is 5.73 Å². The molecule has 1 aromatic heterocycles. The Hall–Kier alpha value is -0.760. The molecule has 0 spiro atoms. The number of nitrogen functional groups attached to an aromatic ring is 1. The Bertz CT molecular complexity index is 277. The Morgan fingerprint density at radius 2 is 2.56 bits per heavy atom. The van der Waals surface area contributed by atoms with Gasteiger partial charge in [0.15, 0.2) is 0 Å². The zero-order chi connectivity index (χ0) is 9.35. The quantitative estimate of drug-likeness (QED) is 0.564. The molecule has 0 atom stereocenters. The first kappa shape index (κ1) is 3.42. The lowest BCUT2D eigenvalue weighted by Gasteiger charge is -1.94.